The summed E-state index contributed by atoms with van der Waals surface area (Å²) in [6.07, 6.45) is 11.2. The summed E-state index contributed by atoms with van der Waals surface area (Å²) in [4.78, 5) is 0. The lowest BCUT2D eigenvalue weighted by atomic mass is 9.84. The third kappa shape index (κ3) is 4.85. The van der Waals surface area contributed by atoms with E-state index in [2.05, 4.69) is 44.3 Å². The van der Waals surface area contributed by atoms with Gasteiger partial charge in [-0.05, 0) is 62.3 Å². The minimum atomic E-state index is 0.548. The Kier molecular flexibility index (Phi) is 6.76. The number of benzene rings is 1. The number of nitrogens with one attached hydrogen (secondary N) is 1. The van der Waals surface area contributed by atoms with Crippen LogP contribution in [0.2, 0.25) is 0 Å². The second-order valence-electron chi connectivity index (χ2n) is 6.88. The summed E-state index contributed by atoms with van der Waals surface area (Å²) < 4.78 is 0. The Labute approximate surface area is 131 Å². The van der Waals surface area contributed by atoms with Crippen LogP contribution in [0.4, 0.5) is 0 Å². The van der Waals surface area contributed by atoms with Gasteiger partial charge in [-0.1, -0.05) is 57.2 Å². The molecular weight excluding hydrogens is 254 g/mol. The van der Waals surface area contributed by atoms with Crippen molar-refractivity contribution in [1.82, 2.24) is 5.32 Å². The van der Waals surface area contributed by atoms with Gasteiger partial charge in [-0.25, -0.2) is 0 Å². The summed E-state index contributed by atoms with van der Waals surface area (Å²) in [5.41, 5.74) is 4.43. The first-order chi connectivity index (χ1) is 10.2. The molecule has 1 aliphatic carbocycles. The second-order valence-corrected chi connectivity index (χ2v) is 6.88. The lowest BCUT2D eigenvalue weighted by Crippen LogP contribution is -2.24. The highest BCUT2D eigenvalue weighted by atomic mass is 14.9. The van der Waals surface area contributed by atoms with Gasteiger partial charge in [-0.15, -0.1) is 0 Å². The van der Waals surface area contributed by atoms with E-state index in [9.17, 15) is 0 Å². The number of hydrogen-bond donors (Lipinski definition) is 1. The molecule has 21 heavy (non-hydrogen) atoms. The third-order valence-corrected chi connectivity index (χ3v) is 5.25. The van der Waals surface area contributed by atoms with Crippen LogP contribution in [0.3, 0.4) is 0 Å². The molecule has 0 heterocycles. The van der Waals surface area contributed by atoms with Crippen LogP contribution in [0.25, 0.3) is 0 Å². The summed E-state index contributed by atoms with van der Waals surface area (Å²) >= 11 is 0. The zero-order valence-electron chi connectivity index (χ0n) is 14.3. The Balaban J connectivity index is 2.01. The summed E-state index contributed by atoms with van der Waals surface area (Å²) in [5, 5.41) is 3.79. The van der Waals surface area contributed by atoms with Crippen LogP contribution < -0.4 is 5.32 Å². The van der Waals surface area contributed by atoms with E-state index in [0.29, 0.717) is 6.04 Å². The summed E-state index contributed by atoms with van der Waals surface area (Å²) in [6, 6.07) is 7.33. The van der Waals surface area contributed by atoms with Gasteiger partial charge in [-0.2, -0.15) is 0 Å². The van der Waals surface area contributed by atoms with Gasteiger partial charge in [-0.3, -0.25) is 0 Å². The Morgan fingerprint density at radius 2 is 1.90 bits per heavy atom. The van der Waals surface area contributed by atoms with Crippen molar-refractivity contribution >= 4 is 0 Å². The Morgan fingerprint density at radius 1 is 1.14 bits per heavy atom. The van der Waals surface area contributed by atoms with Gasteiger partial charge >= 0.3 is 0 Å². The molecule has 0 saturated heterocycles. The number of rotatable bonds is 7. The van der Waals surface area contributed by atoms with Crippen molar-refractivity contribution < 1.29 is 0 Å². The molecule has 1 N–H and O–H groups in total. The van der Waals surface area contributed by atoms with E-state index in [-0.39, 0.29) is 0 Å². The predicted molar refractivity (Wildman–Crippen MR) is 92.8 cm³/mol. The molecular formula is C20H33N. The van der Waals surface area contributed by atoms with Crippen molar-refractivity contribution in [3.8, 4) is 0 Å². The van der Waals surface area contributed by atoms with Gasteiger partial charge in [0.25, 0.3) is 0 Å². The van der Waals surface area contributed by atoms with Crippen LogP contribution in [0.5, 0.6) is 0 Å². The largest absolute Gasteiger partial charge is 0.310 e. The molecule has 0 aromatic heterocycles. The van der Waals surface area contributed by atoms with Gasteiger partial charge in [0.15, 0.2) is 0 Å². The van der Waals surface area contributed by atoms with Crippen LogP contribution in [0.1, 0.15) is 81.0 Å². The molecule has 0 bridgehead atoms. The summed E-state index contributed by atoms with van der Waals surface area (Å²) in [5.74, 6) is 0.981. The van der Waals surface area contributed by atoms with Crippen LogP contribution >= 0.6 is 0 Å². The van der Waals surface area contributed by atoms with E-state index >= 15 is 0 Å². The number of aryl methyl sites for hydroxylation is 1. The van der Waals surface area contributed by atoms with Gasteiger partial charge < -0.3 is 5.32 Å². The van der Waals surface area contributed by atoms with Crippen molar-refractivity contribution in [2.75, 3.05) is 6.54 Å². The molecule has 0 amide bonds. The maximum absolute atomic E-state index is 3.79. The molecule has 1 aliphatic rings. The standard InChI is InChI=1S/C20H33N/c1-4-15-21-20(14-13-18-10-6-5-7-11-18)19-12-8-9-16(2)17(19)3/h8-9,12,18,20-21H,4-7,10-11,13-15H2,1-3H3. The quantitative estimate of drug-likeness (QED) is 0.678. The fraction of sp³-hybridized carbons (Fsp3) is 0.700. The average Bonchev–Trinajstić information content (AvgIpc) is 2.52. The first-order valence-electron chi connectivity index (χ1n) is 9.02. The Bertz CT molecular complexity index is 418. The van der Waals surface area contributed by atoms with Gasteiger partial charge in [0.1, 0.15) is 0 Å². The average molecular weight is 287 g/mol. The fourth-order valence-electron chi connectivity index (χ4n) is 3.72. The van der Waals surface area contributed by atoms with Crippen LogP contribution in [-0.2, 0) is 0 Å². The Hall–Kier alpha value is -0.820. The minimum Gasteiger partial charge on any atom is -0.310 e. The minimum absolute atomic E-state index is 0.548. The van der Waals surface area contributed by atoms with Crippen molar-refractivity contribution in [3.63, 3.8) is 0 Å². The van der Waals surface area contributed by atoms with Gasteiger partial charge in [0.2, 0.25) is 0 Å². The van der Waals surface area contributed by atoms with Crippen molar-refractivity contribution in [2.24, 2.45) is 5.92 Å². The smallest absolute Gasteiger partial charge is 0.0323 e. The first kappa shape index (κ1) is 16.5. The van der Waals surface area contributed by atoms with Crippen molar-refractivity contribution in [1.29, 1.82) is 0 Å². The van der Waals surface area contributed by atoms with Gasteiger partial charge in [0.05, 0.1) is 0 Å². The predicted octanol–water partition coefficient (Wildman–Crippen LogP) is 5.70. The zero-order chi connectivity index (χ0) is 15.1. The summed E-state index contributed by atoms with van der Waals surface area (Å²) in [6.45, 7) is 7.90. The highest BCUT2D eigenvalue weighted by molar-refractivity contribution is 5.35. The summed E-state index contributed by atoms with van der Waals surface area (Å²) in [7, 11) is 0. The van der Waals surface area contributed by atoms with Crippen molar-refractivity contribution in [3.05, 3.63) is 34.9 Å². The monoisotopic (exact) mass is 287 g/mol. The van der Waals surface area contributed by atoms with E-state index in [1.165, 1.54) is 68.1 Å². The van der Waals surface area contributed by atoms with E-state index in [1.54, 1.807) is 0 Å². The molecule has 1 unspecified atom stereocenters. The molecule has 0 spiro atoms. The SMILES string of the molecule is CCCNC(CCC1CCCCC1)c1cccc(C)c1C. The molecule has 1 atom stereocenters. The topological polar surface area (TPSA) is 12.0 Å². The molecule has 118 valence electrons. The molecule has 0 radical (unpaired) electrons. The van der Waals surface area contributed by atoms with Crippen LogP contribution in [0.15, 0.2) is 18.2 Å². The van der Waals surface area contributed by atoms with Crippen LogP contribution in [-0.4, -0.2) is 6.54 Å². The lowest BCUT2D eigenvalue weighted by Gasteiger charge is -2.26. The number of hydrogen-bond acceptors (Lipinski definition) is 1. The normalized spacial score (nSPS) is 17.9. The highest BCUT2D eigenvalue weighted by Crippen LogP contribution is 2.31. The first-order valence-corrected chi connectivity index (χ1v) is 9.02. The Morgan fingerprint density at radius 3 is 2.62 bits per heavy atom. The van der Waals surface area contributed by atoms with E-state index < -0.39 is 0 Å². The van der Waals surface area contributed by atoms with Crippen LogP contribution in [0, 0.1) is 19.8 Å². The second kappa shape index (κ2) is 8.58. The lowest BCUT2D eigenvalue weighted by molar-refractivity contribution is 0.314. The molecule has 1 nitrogen and oxygen atoms in total. The van der Waals surface area contributed by atoms with Crippen molar-refractivity contribution in [2.45, 2.75) is 78.2 Å². The molecule has 1 fully saturated rings. The molecule has 1 aromatic carbocycles. The van der Waals surface area contributed by atoms with Gasteiger partial charge in [0, 0.05) is 6.04 Å². The van der Waals surface area contributed by atoms with E-state index in [0.717, 1.165) is 12.5 Å². The molecule has 2 rings (SSSR count). The van der Waals surface area contributed by atoms with E-state index in [4.69, 9.17) is 0 Å². The molecule has 0 aliphatic heterocycles. The molecule has 1 heteroatoms. The maximum Gasteiger partial charge on any atom is 0.0323 e. The molecule has 1 aromatic rings. The molecule has 1 saturated carbocycles. The third-order valence-electron chi connectivity index (χ3n) is 5.25. The van der Waals surface area contributed by atoms with E-state index in [1.807, 2.05) is 0 Å². The zero-order valence-corrected chi connectivity index (χ0v) is 14.3. The fourth-order valence-corrected chi connectivity index (χ4v) is 3.72. The maximum atomic E-state index is 3.79. The highest BCUT2D eigenvalue weighted by Gasteiger charge is 2.18.